The Morgan fingerprint density at radius 1 is 1.23 bits per heavy atom. The van der Waals surface area contributed by atoms with E-state index < -0.39 is 0 Å². The molecular weight excluding hydrogens is 188 g/mol. The molecule has 0 N–H and O–H groups in total. The van der Waals surface area contributed by atoms with Crippen molar-refractivity contribution in [3.8, 4) is 0 Å². The van der Waals surface area contributed by atoms with Crippen molar-refractivity contribution >= 4 is 29.6 Å². The van der Waals surface area contributed by atoms with E-state index in [1.165, 1.54) is 6.21 Å². The Morgan fingerprint density at radius 2 is 2.00 bits per heavy atom. The third kappa shape index (κ3) is 1.51. The van der Waals surface area contributed by atoms with Crippen molar-refractivity contribution in [1.29, 1.82) is 0 Å². The molecule has 1 amide bonds. The minimum atomic E-state index is -0.338. The van der Waals surface area contributed by atoms with Crippen molar-refractivity contribution in [2.24, 2.45) is 9.98 Å². The molecule has 1 aliphatic heterocycles. The highest BCUT2D eigenvalue weighted by Gasteiger charge is 2.12. The summed E-state index contributed by atoms with van der Waals surface area (Å²) in [6.07, 6.45) is 1.18. The first kappa shape index (κ1) is 8.13. The molecule has 0 saturated heterocycles. The summed E-state index contributed by atoms with van der Waals surface area (Å²) < 4.78 is 0. The predicted octanol–water partition coefficient (Wildman–Crippen LogP) is 1.70. The second kappa shape index (κ2) is 3.11. The van der Waals surface area contributed by atoms with Gasteiger partial charge in [-0.1, -0.05) is 23.7 Å². The summed E-state index contributed by atoms with van der Waals surface area (Å²) in [5, 5.41) is 0.549. The number of aliphatic imine (C=N–C) groups is 2. The lowest BCUT2D eigenvalue weighted by Crippen LogP contribution is -1.95. The fourth-order valence-electron chi connectivity index (χ4n) is 1.05. The summed E-state index contributed by atoms with van der Waals surface area (Å²) in [4.78, 5) is 18.3. The van der Waals surface area contributed by atoms with Crippen molar-refractivity contribution in [2.45, 2.75) is 0 Å². The molecule has 13 heavy (non-hydrogen) atoms. The Hall–Kier alpha value is -1.48. The fraction of sp³-hybridized carbons (Fsp3) is 0. The van der Waals surface area contributed by atoms with E-state index in [0.29, 0.717) is 16.4 Å². The molecule has 1 heterocycles. The molecule has 3 nitrogen and oxygen atoms in total. The maximum Gasteiger partial charge on any atom is 0.290 e. The molecule has 1 aromatic rings. The zero-order valence-corrected chi connectivity index (χ0v) is 7.32. The average Bonchev–Trinajstić information content (AvgIpc) is 2.53. The summed E-state index contributed by atoms with van der Waals surface area (Å²) in [5.74, 6) is 0.0468. The van der Waals surface area contributed by atoms with E-state index in [1.807, 2.05) is 12.1 Å². The lowest BCUT2D eigenvalue weighted by molar-refractivity contribution is -0.111. The van der Waals surface area contributed by atoms with Gasteiger partial charge in [0.1, 0.15) is 0 Å². The molecule has 0 atom stereocenters. The van der Waals surface area contributed by atoms with E-state index in [9.17, 15) is 4.79 Å². The van der Waals surface area contributed by atoms with E-state index in [1.54, 1.807) is 12.1 Å². The molecule has 0 aromatic heterocycles. The summed E-state index contributed by atoms with van der Waals surface area (Å²) in [6, 6.07) is 7.14. The monoisotopic (exact) mass is 192 g/mol. The quantitative estimate of drug-likeness (QED) is 0.668. The Morgan fingerprint density at radius 3 is 2.62 bits per heavy atom. The predicted molar refractivity (Wildman–Crippen MR) is 51.5 cm³/mol. The summed E-state index contributed by atoms with van der Waals surface area (Å²) in [6.45, 7) is 0. The fourth-order valence-corrected chi connectivity index (χ4v) is 1.27. The van der Waals surface area contributed by atoms with Crippen LogP contribution in [0.15, 0.2) is 34.3 Å². The smallest absolute Gasteiger partial charge is 0.266 e. The molecule has 0 bridgehead atoms. The molecule has 64 valence electrons. The van der Waals surface area contributed by atoms with Gasteiger partial charge >= 0.3 is 0 Å². The lowest BCUT2D eigenvalue weighted by Gasteiger charge is -1.98. The lowest BCUT2D eigenvalue weighted by atomic mass is 10.2. The average molecular weight is 193 g/mol. The van der Waals surface area contributed by atoms with Crippen molar-refractivity contribution in [2.75, 3.05) is 0 Å². The number of rotatable bonds is 1. The van der Waals surface area contributed by atoms with Gasteiger partial charge in [-0.15, -0.1) is 0 Å². The number of amides is 1. The number of carbonyl (C=O) groups is 1. The Balaban J connectivity index is 2.48. The zero-order valence-electron chi connectivity index (χ0n) is 6.57. The van der Waals surface area contributed by atoms with Gasteiger partial charge in [-0.05, 0) is 12.1 Å². The topological polar surface area (TPSA) is 41.8 Å². The molecule has 0 saturated carbocycles. The van der Waals surface area contributed by atoms with Gasteiger partial charge in [0.2, 0.25) is 0 Å². The first-order chi connectivity index (χ1) is 6.27. The first-order valence-corrected chi connectivity index (χ1v) is 4.07. The van der Waals surface area contributed by atoms with E-state index in [-0.39, 0.29) is 5.91 Å². The molecule has 2 rings (SSSR count). The van der Waals surface area contributed by atoms with Crippen LogP contribution in [0.2, 0.25) is 5.02 Å². The first-order valence-electron chi connectivity index (χ1n) is 3.69. The molecule has 0 unspecified atom stereocenters. The molecule has 0 aliphatic carbocycles. The molecule has 0 fully saturated rings. The van der Waals surface area contributed by atoms with Crippen LogP contribution < -0.4 is 0 Å². The van der Waals surface area contributed by atoms with Gasteiger partial charge in [0.15, 0.2) is 5.84 Å². The number of carbonyl (C=O) groups excluding carboxylic acids is 1. The number of hydrogen-bond donors (Lipinski definition) is 0. The third-order valence-corrected chi connectivity index (χ3v) is 1.96. The molecule has 1 aliphatic rings. The van der Waals surface area contributed by atoms with Crippen LogP contribution in [0.3, 0.4) is 0 Å². The van der Waals surface area contributed by atoms with Gasteiger partial charge in [0.25, 0.3) is 5.91 Å². The standard InChI is InChI=1S/C9H5ClN2O/c10-7-4-2-1-3-6(7)9-11-5-8(13)12-9/h1-5H. The Bertz CT molecular complexity index is 423. The number of hydrogen-bond acceptors (Lipinski definition) is 2. The van der Waals surface area contributed by atoms with Gasteiger partial charge < -0.3 is 0 Å². The van der Waals surface area contributed by atoms with Crippen molar-refractivity contribution in [3.63, 3.8) is 0 Å². The van der Waals surface area contributed by atoms with Gasteiger partial charge in [-0.25, -0.2) is 4.99 Å². The minimum Gasteiger partial charge on any atom is -0.266 e. The van der Waals surface area contributed by atoms with Crippen LogP contribution in [0.1, 0.15) is 5.56 Å². The molecule has 1 aromatic carbocycles. The van der Waals surface area contributed by atoms with Crippen LogP contribution in [0.25, 0.3) is 0 Å². The maximum absolute atomic E-state index is 10.8. The second-order valence-electron chi connectivity index (χ2n) is 2.51. The van der Waals surface area contributed by atoms with Crippen LogP contribution in [-0.2, 0) is 4.79 Å². The number of nitrogens with zero attached hydrogens (tertiary/aromatic N) is 2. The Kier molecular flexibility index (Phi) is 1.94. The van der Waals surface area contributed by atoms with Crippen LogP contribution >= 0.6 is 11.6 Å². The summed E-state index contributed by atoms with van der Waals surface area (Å²) in [7, 11) is 0. The normalized spacial score (nSPS) is 14.8. The van der Waals surface area contributed by atoms with Crippen LogP contribution in [0, 0.1) is 0 Å². The van der Waals surface area contributed by atoms with Gasteiger partial charge in [0, 0.05) is 5.56 Å². The molecule has 0 spiro atoms. The highest BCUT2D eigenvalue weighted by molar-refractivity contribution is 6.40. The minimum absolute atomic E-state index is 0.338. The third-order valence-electron chi connectivity index (χ3n) is 1.63. The van der Waals surface area contributed by atoms with Crippen LogP contribution in [0.4, 0.5) is 0 Å². The highest BCUT2D eigenvalue weighted by Crippen LogP contribution is 2.17. The number of amidine groups is 1. The number of benzene rings is 1. The van der Waals surface area contributed by atoms with E-state index >= 15 is 0 Å². The van der Waals surface area contributed by atoms with Crippen molar-refractivity contribution in [3.05, 3.63) is 34.9 Å². The van der Waals surface area contributed by atoms with Gasteiger partial charge in [-0.2, -0.15) is 4.99 Å². The molecule has 0 radical (unpaired) electrons. The van der Waals surface area contributed by atoms with Crippen molar-refractivity contribution in [1.82, 2.24) is 0 Å². The summed E-state index contributed by atoms with van der Waals surface area (Å²) in [5.41, 5.74) is 0.686. The molecular formula is C9H5ClN2O. The van der Waals surface area contributed by atoms with Gasteiger partial charge in [-0.3, -0.25) is 4.79 Å². The largest absolute Gasteiger partial charge is 0.290 e. The second-order valence-corrected chi connectivity index (χ2v) is 2.92. The van der Waals surface area contributed by atoms with Crippen molar-refractivity contribution < 1.29 is 4.79 Å². The van der Waals surface area contributed by atoms with E-state index in [4.69, 9.17) is 11.6 Å². The van der Waals surface area contributed by atoms with E-state index in [0.717, 1.165) is 0 Å². The van der Waals surface area contributed by atoms with Gasteiger partial charge in [0.05, 0.1) is 11.2 Å². The van der Waals surface area contributed by atoms with E-state index in [2.05, 4.69) is 9.98 Å². The molecule has 4 heteroatoms. The maximum atomic E-state index is 10.8. The Labute approximate surface area is 79.8 Å². The SMILES string of the molecule is O=C1C=NC(c2ccccc2Cl)=N1. The summed E-state index contributed by atoms with van der Waals surface area (Å²) >= 11 is 5.89. The van der Waals surface area contributed by atoms with Crippen LogP contribution in [-0.4, -0.2) is 18.0 Å². The highest BCUT2D eigenvalue weighted by atomic mass is 35.5. The van der Waals surface area contributed by atoms with Crippen LogP contribution in [0.5, 0.6) is 0 Å². The number of halogens is 1. The zero-order chi connectivity index (χ0) is 9.26.